The molecule has 8 heteroatoms. The van der Waals surface area contributed by atoms with Gasteiger partial charge in [-0.2, -0.15) is 23.0 Å². The fraction of sp³-hybridized carbons (Fsp3) is 0.286. The summed E-state index contributed by atoms with van der Waals surface area (Å²) in [6, 6.07) is 2.95. The van der Waals surface area contributed by atoms with Gasteiger partial charge in [-0.3, -0.25) is 4.79 Å². The molecular weight excluding hydrogens is 368 g/mol. The highest BCUT2D eigenvalue weighted by Gasteiger charge is 2.32. The van der Waals surface area contributed by atoms with Crippen LogP contribution in [0.3, 0.4) is 0 Å². The molecule has 0 aliphatic rings. The molecule has 0 atom stereocenters. The van der Waals surface area contributed by atoms with E-state index in [1.807, 2.05) is 13.8 Å². The Hall–Kier alpha value is -1.70. The van der Waals surface area contributed by atoms with Crippen LogP contribution in [0.5, 0.6) is 0 Å². The molecule has 0 N–H and O–H groups in total. The van der Waals surface area contributed by atoms with E-state index in [0.29, 0.717) is 27.0 Å². The molecule has 0 radical (unpaired) electrons. The lowest BCUT2D eigenvalue weighted by Gasteiger charge is -2.13. The lowest BCUT2D eigenvalue weighted by atomic mass is 10.0. The second kappa shape index (κ2) is 5.83. The van der Waals surface area contributed by atoms with E-state index in [1.165, 1.54) is 6.07 Å². The Kier molecular flexibility index (Phi) is 4.42. The second-order valence-electron chi connectivity index (χ2n) is 4.97. The van der Waals surface area contributed by atoms with Crippen molar-refractivity contribution in [1.29, 1.82) is 0 Å². The zero-order valence-electron chi connectivity index (χ0n) is 11.6. The molecule has 0 aliphatic carbocycles. The van der Waals surface area contributed by atoms with Crippen LogP contribution in [-0.2, 0) is 6.18 Å². The van der Waals surface area contributed by atoms with E-state index in [2.05, 4.69) is 21.0 Å². The van der Waals surface area contributed by atoms with Crippen LogP contribution in [0.2, 0.25) is 0 Å². The third-order valence-corrected chi connectivity index (χ3v) is 3.73. The van der Waals surface area contributed by atoms with E-state index in [-0.39, 0.29) is 11.6 Å². The summed E-state index contributed by atoms with van der Waals surface area (Å²) >= 11 is 3.21. The van der Waals surface area contributed by atoms with Crippen LogP contribution in [0.4, 0.5) is 17.6 Å². The highest BCUT2D eigenvalue weighted by atomic mass is 79.9. The molecule has 0 saturated carbocycles. The lowest BCUT2D eigenvalue weighted by Crippen LogP contribution is -2.24. The maximum Gasteiger partial charge on any atom is 0.418 e. The Morgan fingerprint density at radius 1 is 1.23 bits per heavy atom. The Morgan fingerprint density at radius 2 is 1.86 bits per heavy atom. The van der Waals surface area contributed by atoms with Crippen molar-refractivity contribution in [2.45, 2.75) is 25.9 Å². The minimum absolute atomic E-state index is 0.0267. The molecular formula is C14H11BrF4N2O. The van der Waals surface area contributed by atoms with Gasteiger partial charge in [0.25, 0.3) is 5.56 Å². The Morgan fingerprint density at radius 3 is 2.36 bits per heavy atom. The number of hydrogen-bond acceptors (Lipinski definition) is 2. The molecule has 3 nitrogen and oxygen atoms in total. The average molecular weight is 379 g/mol. The molecule has 0 bridgehead atoms. The van der Waals surface area contributed by atoms with Crippen molar-refractivity contribution < 1.29 is 17.6 Å². The molecule has 0 saturated heterocycles. The van der Waals surface area contributed by atoms with Gasteiger partial charge in [-0.25, -0.2) is 4.39 Å². The zero-order chi connectivity index (χ0) is 16.7. The fourth-order valence-electron chi connectivity index (χ4n) is 1.90. The quantitative estimate of drug-likeness (QED) is 0.731. The monoisotopic (exact) mass is 378 g/mol. The van der Waals surface area contributed by atoms with Crippen LogP contribution in [0, 0.1) is 5.82 Å². The van der Waals surface area contributed by atoms with E-state index in [1.54, 1.807) is 0 Å². The zero-order valence-corrected chi connectivity index (χ0v) is 13.2. The van der Waals surface area contributed by atoms with Gasteiger partial charge in [0.1, 0.15) is 11.5 Å². The lowest BCUT2D eigenvalue weighted by molar-refractivity contribution is -0.138. The van der Waals surface area contributed by atoms with Crippen molar-refractivity contribution in [2.75, 3.05) is 0 Å². The first kappa shape index (κ1) is 16.7. The molecule has 1 aromatic carbocycles. The Labute approximate surface area is 131 Å². The van der Waals surface area contributed by atoms with Crippen LogP contribution in [-0.4, -0.2) is 9.78 Å². The largest absolute Gasteiger partial charge is 0.418 e. The van der Waals surface area contributed by atoms with E-state index in [4.69, 9.17) is 0 Å². The second-order valence-corrected chi connectivity index (χ2v) is 5.83. The van der Waals surface area contributed by atoms with Crippen molar-refractivity contribution in [2.24, 2.45) is 0 Å². The summed E-state index contributed by atoms with van der Waals surface area (Å²) in [6.07, 6.45) is -4.18. The SMILES string of the molecule is CC(C)c1cc(-n2ncc(C(F)(F)F)cc2=O)c(F)cc1Br. The predicted molar refractivity (Wildman–Crippen MR) is 76.6 cm³/mol. The van der Waals surface area contributed by atoms with Gasteiger partial charge in [0.05, 0.1) is 11.8 Å². The standard InChI is InChI=1S/C14H11BrF4N2O/c1-7(2)9-4-12(11(16)5-10(9)15)21-13(22)3-8(6-20-21)14(17,18)19/h3-7H,1-2H3. The van der Waals surface area contributed by atoms with Crippen molar-refractivity contribution in [3.8, 4) is 5.69 Å². The minimum Gasteiger partial charge on any atom is -0.267 e. The van der Waals surface area contributed by atoms with E-state index < -0.39 is 23.1 Å². The molecule has 0 fully saturated rings. The summed E-state index contributed by atoms with van der Waals surface area (Å²) in [7, 11) is 0. The molecule has 1 heterocycles. The molecule has 0 aliphatic heterocycles. The highest BCUT2D eigenvalue weighted by Crippen LogP contribution is 2.30. The summed E-state index contributed by atoms with van der Waals surface area (Å²) in [5.74, 6) is -0.732. The first-order valence-corrected chi connectivity index (χ1v) is 7.06. The minimum atomic E-state index is -4.67. The number of alkyl halides is 3. The maximum atomic E-state index is 14.0. The van der Waals surface area contributed by atoms with Crippen LogP contribution >= 0.6 is 15.9 Å². The van der Waals surface area contributed by atoms with Crippen LogP contribution in [0.1, 0.15) is 30.9 Å². The molecule has 0 spiro atoms. The van der Waals surface area contributed by atoms with Gasteiger partial charge in [-0.05, 0) is 23.6 Å². The van der Waals surface area contributed by atoms with Gasteiger partial charge < -0.3 is 0 Å². The number of benzene rings is 1. The van der Waals surface area contributed by atoms with Gasteiger partial charge in [0.15, 0.2) is 0 Å². The molecule has 1 aromatic heterocycles. The summed E-state index contributed by atoms with van der Waals surface area (Å²) in [5, 5.41) is 3.43. The van der Waals surface area contributed by atoms with Crippen molar-refractivity contribution in [3.63, 3.8) is 0 Å². The van der Waals surface area contributed by atoms with E-state index in [9.17, 15) is 22.4 Å². The van der Waals surface area contributed by atoms with Gasteiger partial charge in [0.2, 0.25) is 0 Å². The van der Waals surface area contributed by atoms with E-state index in [0.717, 1.165) is 6.07 Å². The topological polar surface area (TPSA) is 34.9 Å². The summed E-state index contributed by atoms with van der Waals surface area (Å²) < 4.78 is 52.8. The van der Waals surface area contributed by atoms with Gasteiger partial charge >= 0.3 is 6.18 Å². The third-order valence-electron chi connectivity index (χ3n) is 3.04. The van der Waals surface area contributed by atoms with Crippen LogP contribution < -0.4 is 5.56 Å². The van der Waals surface area contributed by atoms with Gasteiger partial charge in [0, 0.05) is 10.5 Å². The van der Waals surface area contributed by atoms with Crippen LogP contribution in [0.25, 0.3) is 5.69 Å². The van der Waals surface area contributed by atoms with Crippen LogP contribution in [0.15, 0.2) is 33.7 Å². The molecule has 118 valence electrons. The third kappa shape index (κ3) is 3.21. The normalized spacial score (nSPS) is 12.0. The first-order chi connectivity index (χ1) is 10.1. The number of halogens is 5. The van der Waals surface area contributed by atoms with Gasteiger partial charge in [-0.15, -0.1) is 0 Å². The number of nitrogens with zero attached hydrogens (tertiary/aromatic N) is 2. The first-order valence-electron chi connectivity index (χ1n) is 6.27. The maximum absolute atomic E-state index is 14.0. The van der Waals surface area contributed by atoms with Gasteiger partial charge in [-0.1, -0.05) is 29.8 Å². The van der Waals surface area contributed by atoms with Crippen molar-refractivity contribution in [3.05, 3.63) is 56.2 Å². The summed E-state index contributed by atoms with van der Waals surface area (Å²) in [6.45, 7) is 3.73. The smallest absolute Gasteiger partial charge is 0.267 e. The molecule has 2 rings (SSSR count). The molecule has 0 unspecified atom stereocenters. The molecule has 2 aromatic rings. The van der Waals surface area contributed by atoms with Crippen molar-refractivity contribution in [1.82, 2.24) is 9.78 Å². The number of hydrogen-bond donors (Lipinski definition) is 0. The fourth-order valence-corrected chi connectivity index (χ4v) is 2.68. The number of aromatic nitrogens is 2. The Bertz CT molecular complexity index is 768. The predicted octanol–water partition coefficient (Wildman–Crippen LogP) is 4.28. The molecule has 0 amide bonds. The number of rotatable bonds is 2. The summed E-state index contributed by atoms with van der Waals surface area (Å²) in [5.41, 5.74) is -1.70. The summed E-state index contributed by atoms with van der Waals surface area (Å²) in [4.78, 5) is 11.8. The van der Waals surface area contributed by atoms with Crippen molar-refractivity contribution >= 4 is 15.9 Å². The highest BCUT2D eigenvalue weighted by molar-refractivity contribution is 9.10. The average Bonchev–Trinajstić information content (AvgIpc) is 2.38. The Balaban J connectivity index is 2.62. The molecule has 22 heavy (non-hydrogen) atoms. The van der Waals surface area contributed by atoms with E-state index >= 15 is 0 Å².